The summed E-state index contributed by atoms with van der Waals surface area (Å²) in [6.07, 6.45) is 1.42. The molecule has 2 N–H and O–H groups in total. The average molecular weight is 363 g/mol. The third-order valence-corrected chi connectivity index (χ3v) is 5.02. The van der Waals surface area contributed by atoms with E-state index in [1.54, 1.807) is 6.07 Å². The Bertz CT molecular complexity index is 1030. The smallest absolute Gasteiger partial charge is 0.224 e. The minimum atomic E-state index is -0.838. The Hall–Kier alpha value is -3.28. The quantitative estimate of drug-likeness (QED) is 0.713. The number of hydrogen-bond acceptors (Lipinski definition) is 4. The minimum Gasteiger partial charge on any atom is -0.438 e. The van der Waals surface area contributed by atoms with Crippen LogP contribution in [0, 0.1) is 11.4 Å². The van der Waals surface area contributed by atoms with E-state index in [0.717, 1.165) is 11.1 Å². The molecule has 0 radical (unpaired) electrons. The van der Waals surface area contributed by atoms with Gasteiger partial charge in [-0.3, -0.25) is 4.79 Å². The van der Waals surface area contributed by atoms with Crippen LogP contribution in [0.15, 0.2) is 54.7 Å². The van der Waals surface area contributed by atoms with Crippen LogP contribution in [0.2, 0.25) is 0 Å². The first-order chi connectivity index (χ1) is 12.9. The number of pyridine rings is 2. The van der Waals surface area contributed by atoms with Gasteiger partial charge in [0.2, 0.25) is 17.7 Å². The topological polar surface area (TPSA) is 78.1 Å². The first kappa shape index (κ1) is 17.1. The number of ether oxygens (including phenoxy) is 1. The van der Waals surface area contributed by atoms with Crippen molar-refractivity contribution in [3.63, 3.8) is 0 Å². The van der Waals surface area contributed by atoms with Crippen molar-refractivity contribution < 1.29 is 13.9 Å². The molecule has 1 amide bonds. The van der Waals surface area contributed by atoms with Crippen molar-refractivity contribution in [1.29, 1.82) is 0 Å². The van der Waals surface area contributed by atoms with E-state index in [-0.39, 0.29) is 5.92 Å². The molecule has 4 rings (SSSR count). The minimum absolute atomic E-state index is 0.289. The molecule has 1 aliphatic heterocycles. The number of aromatic nitrogens is 2. The highest BCUT2D eigenvalue weighted by atomic mass is 19.1. The maximum absolute atomic E-state index is 13.1. The Balaban J connectivity index is 1.87. The molecule has 0 saturated carbocycles. The van der Waals surface area contributed by atoms with E-state index in [1.165, 1.54) is 12.3 Å². The maximum Gasteiger partial charge on any atom is 0.224 e. The molecule has 0 aliphatic carbocycles. The zero-order valence-electron chi connectivity index (χ0n) is 14.9. The molecule has 5 nitrogen and oxygen atoms in total. The molecule has 0 unspecified atom stereocenters. The van der Waals surface area contributed by atoms with E-state index in [2.05, 4.69) is 9.97 Å². The molecule has 6 heteroatoms. The zero-order valence-corrected chi connectivity index (χ0v) is 14.9. The predicted octanol–water partition coefficient (Wildman–Crippen LogP) is 4.03. The maximum atomic E-state index is 13.1. The summed E-state index contributed by atoms with van der Waals surface area (Å²) in [5.74, 6) is -0.184. The molecule has 0 fully saturated rings. The third-order valence-electron chi connectivity index (χ3n) is 5.02. The molecule has 2 aromatic heterocycles. The van der Waals surface area contributed by atoms with Gasteiger partial charge in [-0.15, -0.1) is 0 Å². The van der Waals surface area contributed by atoms with Crippen molar-refractivity contribution >= 4 is 5.91 Å². The monoisotopic (exact) mass is 363 g/mol. The summed E-state index contributed by atoms with van der Waals surface area (Å²) < 4.78 is 19.1. The number of rotatable bonds is 3. The van der Waals surface area contributed by atoms with Crippen molar-refractivity contribution in [3.05, 3.63) is 71.8 Å². The summed E-state index contributed by atoms with van der Waals surface area (Å²) in [7, 11) is 0. The van der Waals surface area contributed by atoms with Gasteiger partial charge >= 0.3 is 0 Å². The first-order valence-corrected chi connectivity index (χ1v) is 8.57. The lowest BCUT2D eigenvalue weighted by atomic mass is 9.70. The summed E-state index contributed by atoms with van der Waals surface area (Å²) in [6.45, 7) is 3.65. The van der Waals surface area contributed by atoms with Gasteiger partial charge in [0.25, 0.3) is 0 Å². The number of nitrogens with zero attached hydrogens (tertiary/aromatic N) is 2. The van der Waals surface area contributed by atoms with Crippen molar-refractivity contribution in [2.75, 3.05) is 0 Å². The van der Waals surface area contributed by atoms with Gasteiger partial charge in [0, 0.05) is 28.8 Å². The van der Waals surface area contributed by atoms with Crippen LogP contribution in [0.4, 0.5) is 4.39 Å². The lowest BCUT2D eigenvalue weighted by Crippen LogP contribution is -2.38. The normalized spacial score (nSPS) is 15.4. The lowest BCUT2D eigenvalue weighted by Gasteiger charge is -2.36. The Morgan fingerprint density at radius 3 is 2.59 bits per heavy atom. The first-order valence-electron chi connectivity index (χ1n) is 8.57. The van der Waals surface area contributed by atoms with Crippen LogP contribution in [0.25, 0.3) is 11.3 Å². The van der Waals surface area contributed by atoms with Crippen LogP contribution in [-0.4, -0.2) is 15.9 Å². The second-order valence-corrected chi connectivity index (χ2v) is 7.12. The highest BCUT2D eigenvalue weighted by molar-refractivity contribution is 5.83. The van der Waals surface area contributed by atoms with Crippen molar-refractivity contribution in [3.8, 4) is 22.9 Å². The summed E-state index contributed by atoms with van der Waals surface area (Å²) in [5.41, 5.74) is 7.83. The number of nitrogens with two attached hydrogens (primary N) is 1. The standard InChI is InChI=1S/C21H18FN3O2/c1-21(2,20(23)26)18-13-5-3-4-6-16(13)27-19-14(18)8-9-15(25-19)12-7-10-17(22)24-11-12/h3-11,18H,1-2H3,(H2,23,26)/t18-/m0/s1. The molecule has 1 aliphatic rings. The summed E-state index contributed by atoms with van der Waals surface area (Å²) >= 11 is 0. The highest BCUT2D eigenvalue weighted by Gasteiger charge is 2.42. The number of amides is 1. The Morgan fingerprint density at radius 1 is 1.11 bits per heavy atom. The number of carbonyl (C=O) groups excluding carboxylic acids is 1. The second-order valence-electron chi connectivity index (χ2n) is 7.12. The molecule has 0 spiro atoms. The van der Waals surface area contributed by atoms with E-state index < -0.39 is 17.3 Å². The third kappa shape index (κ3) is 2.83. The molecule has 0 bridgehead atoms. The number of hydrogen-bond donors (Lipinski definition) is 1. The largest absolute Gasteiger partial charge is 0.438 e. The van der Waals surface area contributed by atoms with Gasteiger partial charge in [0.05, 0.1) is 11.1 Å². The highest BCUT2D eigenvalue weighted by Crippen LogP contribution is 2.51. The van der Waals surface area contributed by atoms with Gasteiger partial charge in [-0.1, -0.05) is 38.1 Å². The van der Waals surface area contributed by atoms with Gasteiger partial charge < -0.3 is 10.5 Å². The number of primary amides is 1. The molecular weight excluding hydrogens is 345 g/mol. The summed E-state index contributed by atoms with van der Waals surface area (Å²) in [5, 5.41) is 0. The SMILES string of the molecule is CC(C)(C(N)=O)[C@H]1c2ccccc2Oc2nc(-c3ccc(F)nc3)ccc21. The van der Waals surface area contributed by atoms with Gasteiger partial charge in [-0.2, -0.15) is 4.39 Å². The molecule has 1 aromatic carbocycles. The van der Waals surface area contributed by atoms with Gasteiger partial charge in [-0.25, -0.2) is 9.97 Å². The van der Waals surface area contributed by atoms with E-state index in [9.17, 15) is 9.18 Å². The fourth-order valence-electron chi connectivity index (χ4n) is 3.44. The van der Waals surface area contributed by atoms with Gasteiger partial charge in [-0.05, 0) is 24.3 Å². The summed E-state index contributed by atoms with van der Waals surface area (Å²) in [4.78, 5) is 20.4. The zero-order chi connectivity index (χ0) is 19.2. The van der Waals surface area contributed by atoms with E-state index in [0.29, 0.717) is 22.9 Å². The average Bonchev–Trinajstić information content (AvgIpc) is 2.66. The van der Waals surface area contributed by atoms with Gasteiger partial charge in [0.1, 0.15) is 5.75 Å². The van der Waals surface area contributed by atoms with Gasteiger partial charge in [0.15, 0.2) is 0 Å². The number of benzene rings is 1. The van der Waals surface area contributed by atoms with E-state index in [4.69, 9.17) is 10.5 Å². The number of carbonyl (C=O) groups is 1. The van der Waals surface area contributed by atoms with Crippen LogP contribution in [0.3, 0.4) is 0 Å². The van der Waals surface area contributed by atoms with Crippen molar-refractivity contribution in [2.45, 2.75) is 19.8 Å². The molecule has 136 valence electrons. The Labute approximate surface area is 156 Å². The second kappa shape index (κ2) is 6.16. The molecule has 3 aromatic rings. The van der Waals surface area contributed by atoms with Crippen molar-refractivity contribution in [1.82, 2.24) is 9.97 Å². The van der Waals surface area contributed by atoms with Crippen LogP contribution >= 0.6 is 0 Å². The number of fused-ring (bicyclic) bond motifs is 2. The number of para-hydroxylation sites is 1. The Kier molecular flexibility index (Phi) is 3.91. The van der Waals surface area contributed by atoms with Crippen LogP contribution in [-0.2, 0) is 4.79 Å². The molecule has 1 atom stereocenters. The summed E-state index contributed by atoms with van der Waals surface area (Å²) in [6, 6.07) is 14.1. The molecule has 0 saturated heterocycles. The van der Waals surface area contributed by atoms with Crippen LogP contribution in [0.1, 0.15) is 30.9 Å². The lowest BCUT2D eigenvalue weighted by molar-refractivity contribution is -0.126. The van der Waals surface area contributed by atoms with Crippen molar-refractivity contribution in [2.24, 2.45) is 11.1 Å². The molecular formula is C21H18FN3O2. The van der Waals surface area contributed by atoms with Crippen LogP contribution in [0.5, 0.6) is 11.6 Å². The predicted molar refractivity (Wildman–Crippen MR) is 98.8 cm³/mol. The van der Waals surface area contributed by atoms with E-state index in [1.807, 2.05) is 50.2 Å². The number of halogens is 1. The van der Waals surface area contributed by atoms with Crippen LogP contribution < -0.4 is 10.5 Å². The molecule has 27 heavy (non-hydrogen) atoms. The van der Waals surface area contributed by atoms with E-state index >= 15 is 0 Å². The fraction of sp³-hybridized carbons (Fsp3) is 0.190. The molecule has 3 heterocycles. The fourth-order valence-corrected chi connectivity index (χ4v) is 3.44. The Morgan fingerprint density at radius 2 is 1.89 bits per heavy atom.